The van der Waals surface area contributed by atoms with Gasteiger partial charge in [-0.3, -0.25) is 14.9 Å². The molecule has 7 nitrogen and oxygen atoms in total. The summed E-state index contributed by atoms with van der Waals surface area (Å²) in [5.41, 5.74) is 0.249. The number of likely N-dealkylation sites (tertiary alicyclic amines) is 1. The molecule has 0 bridgehead atoms. The highest BCUT2D eigenvalue weighted by atomic mass is 16.6. The number of aromatic nitrogens is 1. The highest BCUT2D eigenvalue weighted by Crippen LogP contribution is 2.20. The number of aliphatic hydroxyl groups is 1. The fourth-order valence-corrected chi connectivity index (χ4v) is 2.29. The Bertz CT molecular complexity index is 497. The van der Waals surface area contributed by atoms with Crippen LogP contribution >= 0.6 is 0 Å². The van der Waals surface area contributed by atoms with E-state index in [1.54, 1.807) is 4.57 Å². The second-order valence-electron chi connectivity index (χ2n) is 4.73. The number of hydrogen-bond donors (Lipinski definition) is 1. The second kappa shape index (κ2) is 5.40. The van der Waals surface area contributed by atoms with Gasteiger partial charge in [0, 0.05) is 25.7 Å². The molecule has 1 N–H and O–H groups in total. The van der Waals surface area contributed by atoms with Crippen molar-refractivity contribution in [3.63, 3.8) is 0 Å². The molecule has 7 heteroatoms. The van der Waals surface area contributed by atoms with E-state index >= 15 is 0 Å². The van der Waals surface area contributed by atoms with E-state index in [4.69, 9.17) is 0 Å². The highest BCUT2D eigenvalue weighted by molar-refractivity contribution is 5.93. The van der Waals surface area contributed by atoms with Crippen molar-refractivity contribution >= 4 is 11.6 Å². The molecule has 1 atom stereocenters. The average Bonchev–Trinajstić information content (AvgIpc) is 2.95. The maximum Gasteiger partial charge on any atom is 0.287 e. The van der Waals surface area contributed by atoms with Crippen LogP contribution in [0.1, 0.15) is 30.3 Å². The molecule has 1 amide bonds. The smallest absolute Gasteiger partial charge is 0.287 e. The normalized spacial score (nSPS) is 18.8. The molecule has 2 rings (SSSR count). The molecule has 0 unspecified atom stereocenters. The van der Waals surface area contributed by atoms with Crippen molar-refractivity contribution in [2.45, 2.75) is 32.4 Å². The molecule has 0 saturated carbocycles. The van der Waals surface area contributed by atoms with E-state index in [1.165, 1.54) is 17.2 Å². The fourth-order valence-electron chi connectivity index (χ4n) is 2.29. The van der Waals surface area contributed by atoms with Gasteiger partial charge in [0.1, 0.15) is 5.69 Å². The zero-order valence-corrected chi connectivity index (χ0v) is 10.8. The van der Waals surface area contributed by atoms with Gasteiger partial charge in [0.15, 0.2) is 0 Å². The van der Waals surface area contributed by atoms with Crippen LogP contribution in [-0.2, 0) is 6.54 Å². The highest BCUT2D eigenvalue weighted by Gasteiger charge is 2.28. The number of aliphatic hydroxyl groups excluding tert-OH is 1. The lowest BCUT2D eigenvalue weighted by Crippen LogP contribution is -2.31. The molecule has 0 aromatic carbocycles. The van der Waals surface area contributed by atoms with Gasteiger partial charge in [-0.05, 0) is 12.8 Å². The van der Waals surface area contributed by atoms with Gasteiger partial charge < -0.3 is 14.6 Å². The van der Waals surface area contributed by atoms with Gasteiger partial charge in [-0.1, -0.05) is 6.92 Å². The van der Waals surface area contributed by atoms with Crippen molar-refractivity contribution in [2.24, 2.45) is 0 Å². The minimum Gasteiger partial charge on any atom is -0.391 e. The van der Waals surface area contributed by atoms with Crippen molar-refractivity contribution < 1.29 is 14.8 Å². The summed E-state index contributed by atoms with van der Waals surface area (Å²) in [5, 5.41) is 20.2. The standard InChI is InChI=1S/C12H17N3O4/c1-2-4-13-7-9(15(18)19)6-11(13)12(17)14-5-3-10(16)8-14/h6-7,10,16H,2-5,8H2,1H3/t10-/m0/s1. The molecule has 1 saturated heterocycles. The van der Waals surface area contributed by atoms with E-state index in [1.807, 2.05) is 6.92 Å². The minimum absolute atomic E-state index is 0.0726. The van der Waals surface area contributed by atoms with Gasteiger partial charge in [0.2, 0.25) is 0 Å². The van der Waals surface area contributed by atoms with Gasteiger partial charge in [0.25, 0.3) is 11.6 Å². The summed E-state index contributed by atoms with van der Waals surface area (Å²) in [7, 11) is 0. The maximum absolute atomic E-state index is 12.3. The Morgan fingerprint density at radius 1 is 1.63 bits per heavy atom. The lowest BCUT2D eigenvalue weighted by atomic mass is 10.3. The van der Waals surface area contributed by atoms with Gasteiger partial charge in [-0.15, -0.1) is 0 Å². The van der Waals surface area contributed by atoms with Crippen molar-refractivity contribution in [3.8, 4) is 0 Å². The quantitative estimate of drug-likeness (QED) is 0.651. The third-order valence-corrected chi connectivity index (χ3v) is 3.23. The van der Waals surface area contributed by atoms with E-state index in [0.717, 1.165) is 6.42 Å². The first-order valence-electron chi connectivity index (χ1n) is 6.34. The number of carbonyl (C=O) groups is 1. The molecule has 1 fully saturated rings. The molecule has 0 radical (unpaired) electrons. The predicted molar refractivity (Wildman–Crippen MR) is 67.9 cm³/mol. The van der Waals surface area contributed by atoms with Crippen LogP contribution in [0.25, 0.3) is 0 Å². The third-order valence-electron chi connectivity index (χ3n) is 3.23. The molecule has 1 aromatic rings. The van der Waals surface area contributed by atoms with Gasteiger partial charge in [-0.2, -0.15) is 0 Å². The monoisotopic (exact) mass is 267 g/mol. The second-order valence-corrected chi connectivity index (χ2v) is 4.73. The van der Waals surface area contributed by atoms with Crippen molar-refractivity contribution in [1.82, 2.24) is 9.47 Å². The van der Waals surface area contributed by atoms with E-state index in [2.05, 4.69) is 0 Å². The molecule has 1 aliphatic rings. The average molecular weight is 267 g/mol. The van der Waals surface area contributed by atoms with Crippen LogP contribution in [0.3, 0.4) is 0 Å². The Hall–Kier alpha value is -1.89. The molecule has 19 heavy (non-hydrogen) atoms. The van der Waals surface area contributed by atoms with E-state index < -0.39 is 11.0 Å². The molecule has 0 spiro atoms. The predicted octanol–water partition coefficient (Wildman–Crippen LogP) is 1.01. The number of amides is 1. The minimum atomic E-state index is -0.498. The SMILES string of the molecule is CCCn1cc([N+](=O)[O-])cc1C(=O)N1CC[C@H](O)C1. The first-order valence-corrected chi connectivity index (χ1v) is 6.34. The number of nitro groups is 1. The molecular weight excluding hydrogens is 250 g/mol. The van der Waals surface area contributed by atoms with Crippen LogP contribution in [0, 0.1) is 10.1 Å². The van der Waals surface area contributed by atoms with Crippen LogP contribution in [0.5, 0.6) is 0 Å². The van der Waals surface area contributed by atoms with E-state index in [9.17, 15) is 20.0 Å². The van der Waals surface area contributed by atoms with Crippen molar-refractivity contribution in [1.29, 1.82) is 0 Å². The summed E-state index contributed by atoms with van der Waals surface area (Å²) in [6, 6.07) is 1.31. The zero-order chi connectivity index (χ0) is 14.0. The lowest BCUT2D eigenvalue weighted by molar-refractivity contribution is -0.384. The Kier molecular flexibility index (Phi) is 3.84. The Morgan fingerprint density at radius 3 is 2.89 bits per heavy atom. The molecule has 104 valence electrons. The zero-order valence-electron chi connectivity index (χ0n) is 10.8. The molecule has 1 aliphatic heterocycles. The van der Waals surface area contributed by atoms with Crippen LogP contribution in [-0.4, -0.2) is 44.6 Å². The Balaban J connectivity index is 2.26. The third kappa shape index (κ3) is 2.76. The Labute approximate surface area is 110 Å². The summed E-state index contributed by atoms with van der Waals surface area (Å²) < 4.78 is 1.62. The van der Waals surface area contributed by atoms with Crippen LogP contribution < -0.4 is 0 Å². The lowest BCUT2D eigenvalue weighted by Gasteiger charge is -2.16. The van der Waals surface area contributed by atoms with Crippen LogP contribution in [0.2, 0.25) is 0 Å². The summed E-state index contributed by atoms with van der Waals surface area (Å²) in [5.74, 6) is -0.252. The number of hydrogen-bond acceptors (Lipinski definition) is 4. The summed E-state index contributed by atoms with van der Waals surface area (Å²) in [4.78, 5) is 24.1. The molecule has 0 aliphatic carbocycles. The number of rotatable bonds is 4. The van der Waals surface area contributed by atoms with Crippen molar-refractivity contribution in [3.05, 3.63) is 28.1 Å². The van der Waals surface area contributed by atoms with Crippen LogP contribution in [0.4, 0.5) is 5.69 Å². The number of aryl methyl sites for hydroxylation is 1. The first kappa shape index (κ1) is 13.5. The van der Waals surface area contributed by atoms with Crippen molar-refractivity contribution in [2.75, 3.05) is 13.1 Å². The number of β-amino-alcohol motifs (C(OH)–C–C–N with tert-alkyl or cyclic N) is 1. The van der Waals surface area contributed by atoms with Gasteiger partial charge >= 0.3 is 0 Å². The largest absolute Gasteiger partial charge is 0.391 e. The summed E-state index contributed by atoms with van der Waals surface area (Å²) in [6.45, 7) is 3.29. The number of nitrogens with zero attached hydrogens (tertiary/aromatic N) is 3. The molecule has 2 heterocycles. The summed E-state index contributed by atoms with van der Waals surface area (Å²) in [6.07, 6.45) is 2.24. The van der Waals surface area contributed by atoms with Gasteiger partial charge in [0.05, 0.1) is 17.2 Å². The Morgan fingerprint density at radius 2 is 2.37 bits per heavy atom. The maximum atomic E-state index is 12.3. The fraction of sp³-hybridized carbons (Fsp3) is 0.583. The van der Waals surface area contributed by atoms with E-state index in [0.29, 0.717) is 31.7 Å². The summed E-state index contributed by atoms with van der Waals surface area (Å²) >= 11 is 0. The molecule has 1 aromatic heterocycles. The van der Waals surface area contributed by atoms with E-state index in [-0.39, 0.29) is 11.6 Å². The topological polar surface area (TPSA) is 88.6 Å². The van der Waals surface area contributed by atoms with Crippen LogP contribution in [0.15, 0.2) is 12.3 Å². The first-order chi connectivity index (χ1) is 9.02. The van der Waals surface area contributed by atoms with Gasteiger partial charge in [-0.25, -0.2) is 0 Å². The molecular formula is C12H17N3O4. The number of carbonyl (C=O) groups excluding carboxylic acids is 1.